The molecule has 21 heavy (non-hydrogen) atoms. The van der Waals surface area contributed by atoms with Gasteiger partial charge in [-0.15, -0.1) is 11.8 Å². The molecule has 0 bridgehead atoms. The number of hydrogen-bond donors (Lipinski definition) is 2. The fraction of sp³-hybridized carbons (Fsp3) is 0.467. The highest BCUT2D eigenvalue weighted by molar-refractivity contribution is 8.00. The maximum absolute atomic E-state index is 12.2. The third-order valence-corrected chi connectivity index (χ3v) is 4.26. The van der Waals surface area contributed by atoms with Gasteiger partial charge >= 0.3 is 5.97 Å². The number of aliphatic carboxylic acids is 1. The molecule has 2 N–H and O–H groups in total. The van der Waals surface area contributed by atoms with Crippen LogP contribution in [0, 0.1) is 5.41 Å². The molecule has 0 aliphatic rings. The van der Waals surface area contributed by atoms with Crippen LogP contribution in [0.2, 0.25) is 5.02 Å². The Bertz CT molecular complexity index is 511. The Kier molecular flexibility index (Phi) is 6.10. The highest BCUT2D eigenvalue weighted by Gasteiger charge is 2.33. The maximum atomic E-state index is 12.2. The van der Waals surface area contributed by atoms with Gasteiger partial charge in [0, 0.05) is 9.92 Å². The second-order valence-electron chi connectivity index (χ2n) is 5.86. The summed E-state index contributed by atoms with van der Waals surface area (Å²) < 4.78 is 0. The summed E-state index contributed by atoms with van der Waals surface area (Å²) >= 11 is 7.17. The van der Waals surface area contributed by atoms with Gasteiger partial charge in [0.2, 0.25) is 5.91 Å². The second-order valence-corrected chi connectivity index (χ2v) is 7.71. The van der Waals surface area contributed by atoms with Crippen LogP contribution in [-0.4, -0.2) is 28.3 Å². The topological polar surface area (TPSA) is 66.4 Å². The molecule has 0 aliphatic heterocycles. The van der Waals surface area contributed by atoms with Gasteiger partial charge in [0.05, 0.1) is 5.25 Å². The molecule has 0 aromatic heterocycles. The molecular weight excluding hydrogens is 310 g/mol. The Morgan fingerprint density at radius 1 is 1.24 bits per heavy atom. The van der Waals surface area contributed by atoms with E-state index in [1.54, 1.807) is 39.8 Å². The zero-order valence-electron chi connectivity index (χ0n) is 12.5. The van der Waals surface area contributed by atoms with Gasteiger partial charge in [-0.25, -0.2) is 4.79 Å². The number of amides is 1. The zero-order valence-corrected chi connectivity index (χ0v) is 14.1. The van der Waals surface area contributed by atoms with E-state index < -0.39 is 22.7 Å². The lowest BCUT2D eigenvalue weighted by Crippen LogP contribution is -2.51. The van der Waals surface area contributed by atoms with Crippen molar-refractivity contribution in [2.45, 2.75) is 43.9 Å². The molecule has 1 rings (SSSR count). The molecule has 0 aliphatic carbocycles. The van der Waals surface area contributed by atoms with Crippen molar-refractivity contribution in [3.63, 3.8) is 0 Å². The normalized spacial score (nSPS) is 14.3. The molecular formula is C15H20ClNO3S. The Morgan fingerprint density at radius 2 is 1.76 bits per heavy atom. The number of carboxylic acids is 1. The molecule has 0 radical (unpaired) electrons. The van der Waals surface area contributed by atoms with Crippen LogP contribution >= 0.6 is 23.4 Å². The predicted octanol–water partition coefficient (Wildman–Crippen LogP) is 3.44. The van der Waals surface area contributed by atoms with Crippen LogP contribution in [0.25, 0.3) is 0 Å². The maximum Gasteiger partial charge on any atom is 0.326 e. The van der Waals surface area contributed by atoms with E-state index in [-0.39, 0.29) is 5.91 Å². The Labute approximate surface area is 134 Å². The molecule has 0 saturated heterocycles. The fourth-order valence-corrected chi connectivity index (χ4v) is 2.68. The monoisotopic (exact) mass is 329 g/mol. The minimum Gasteiger partial charge on any atom is -0.480 e. The van der Waals surface area contributed by atoms with Gasteiger partial charge in [-0.2, -0.15) is 0 Å². The summed E-state index contributed by atoms with van der Waals surface area (Å²) in [5.41, 5.74) is -0.549. The number of carbonyl (C=O) groups is 2. The molecule has 2 unspecified atom stereocenters. The lowest BCUT2D eigenvalue weighted by molar-refractivity contribution is -0.144. The molecule has 0 spiro atoms. The molecule has 1 amide bonds. The minimum absolute atomic E-state index is 0.294. The van der Waals surface area contributed by atoms with E-state index in [0.717, 1.165) is 4.90 Å². The van der Waals surface area contributed by atoms with Gasteiger partial charge in [-0.3, -0.25) is 4.79 Å². The van der Waals surface area contributed by atoms with E-state index in [1.165, 1.54) is 11.8 Å². The van der Waals surface area contributed by atoms with Crippen LogP contribution < -0.4 is 5.32 Å². The van der Waals surface area contributed by atoms with Gasteiger partial charge in [0.1, 0.15) is 6.04 Å². The first-order valence-corrected chi connectivity index (χ1v) is 7.82. The van der Waals surface area contributed by atoms with Crippen molar-refractivity contribution in [2.24, 2.45) is 5.41 Å². The van der Waals surface area contributed by atoms with Crippen molar-refractivity contribution in [1.29, 1.82) is 0 Å². The zero-order chi connectivity index (χ0) is 16.2. The predicted molar refractivity (Wildman–Crippen MR) is 85.8 cm³/mol. The van der Waals surface area contributed by atoms with E-state index in [9.17, 15) is 14.7 Å². The molecule has 0 heterocycles. The number of carboxylic acid groups (broad SMARTS) is 1. The summed E-state index contributed by atoms with van der Waals surface area (Å²) in [5, 5.41) is 12.1. The molecule has 1 aromatic carbocycles. The summed E-state index contributed by atoms with van der Waals surface area (Å²) in [6, 6.07) is 6.25. The van der Waals surface area contributed by atoms with Crippen LogP contribution in [0.15, 0.2) is 29.2 Å². The first kappa shape index (κ1) is 17.9. The van der Waals surface area contributed by atoms with Crippen LogP contribution in [0.3, 0.4) is 0 Å². The largest absolute Gasteiger partial charge is 0.480 e. The number of hydrogen-bond acceptors (Lipinski definition) is 3. The van der Waals surface area contributed by atoms with Crippen LogP contribution in [-0.2, 0) is 9.59 Å². The highest BCUT2D eigenvalue weighted by atomic mass is 35.5. The van der Waals surface area contributed by atoms with E-state index in [2.05, 4.69) is 5.32 Å². The average molecular weight is 330 g/mol. The standard InChI is InChI=1S/C15H20ClNO3S/c1-9(21-11-7-5-10(16)6-8-11)13(18)17-12(14(19)20)15(2,3)4/h5-9,12H,1-4H3,(H,17,18)(H,19,20). The molecule has 6 heteroatoms. The number of carbonyl (C=O) groups excluding carboxylic acids is 1. The highest BCUT2D eigenvalue weighted by Crippen LogP contribution is 2.26. The lowest BCUT2D eigenvalue weighted by atomic mass is 9.86. The van der Waals surface area contributed by atoms with Gasteiger partial charge < -0.3 is 10.4 Å². The van der Waals surface area contributed by atoms with E-state index in [4.69, 9.17) is 11.6 Å². The summed E-state index contributed by atoms with van der Waals surface area (Å²) in [7, 11) is 0. The van der Waals surface area contributed by atoms with Crippen LogP contribution in [0.5, 0.6) is 0 Å². The van der Waals surface area contributed by atoms with E-state index in [0.29, 0.717) is 5.02 Å². The van der Waals surface area contributed by atoms with Crippen molar-refractivity contribution in [3.8, 4) is 0 Å². The number of benzene rings is 1. The first-order valence-electron chi connectivity index (χ1n) is 6.56. The molecule has 2 atom stereocenters. The second kappa shape index (κ2) is 7.18. The first-order chi connectivity index (χ1) is 9.61. The number of rotatable bonds is 5. The van der Waals surface area contributed by atoms with Crippen molar-refractivity contribution < 1.29 is 14.7 Å². The van der Waals surface area contributed by atoms with Gasteiger partial charge in [0.15, 0.2) is 0 Å². The van der Waals surface area contributed by atoms with Crippen LogP contribution in [0.1, 0.15) is 27.7 Å². The Balaban J connectivity index is 2.69. The lowest BCUT2D eigenvalue weighted by Gasteiger charge is -2.28. The molecule has 0 fully saturated rings. The summed E-state index contributed by atoms with van der Waals surface area (Å²) in [6.45, 7) is 7.09. The summed E-state index contributed by atoms with van der Waals surface area (Å²) in [4.78, 5) is 24.3. The fourth-order valence-electron chi connectivity index (χ4n) is 1.68. The average Bonchev–Trinajstić information content (AvgIpc) is 2.36. The van der Waals surface area contributed by atoms with Gasteiger partial charge in [0.25, 0.3) is 0 Å². The molecule has 0 saturated carbocycles. The van der Waals surface area contributed by atoms with Crippen molar-refractivity contribution in [2.75, 3.05) is 0 Å². The van der Waals surface area contributed by atoms with E-state index >= 15 is 0 Å². The van der Waals surface area contributed by atoms with Crippen molar-refractivity contribution in [1.82, 2.24) is 5.32 Å². The molecule has 1 aromatic rings. The quantitative estimate of drug-likeness (QED) is 0.812. The number of thioether (sulfide) groups is 1. The SMILES string of the molecule is CC(Sc1ccc(Cl)cc1)C(=O)NC(C(=O)O)C(C)(C)C. The number of halogens is 1. The summed E-state index contributed by atoms with van der Waals surface area (Å²) in [6.07, 6.45) is 0. The van der Waals surface area contributed by atoms with Gasteiger partial charge in [-0.05, 0) is 36.6 Å². The minimum atomic E-state index is -1.03. The Morgan fingerprint density at radius 3 is 2.19 bits per heavy atom. The van der Waals surface area contributed by atoms with Crippen LogP contribution in [0.4, 0.5) is 0 Å². The third-order valence-electron chi connectivity index (χ3n) is 2.90. The van der Waals surface area contributed by atoms with Crippen molar-refractivity contribution >= 4 is 35.2 Å². The van der Waals surface area contributed by atoms with Crippen molar-refractivity contribution in [3.05, 3.63) is 29.3 Å². The Hall–Kier alpha value is -1.20. The molecule has 116 valence electrons. The van der Waals surface area contributed by atoms with E-state index in [1.807, 2.05) is 12.1 Å². The smallest absolute Gasteiger partial charge is 0.326 e. The number of nitrogens with one attached hydrogen (secondary N) is 1. The third kappa shape index (κ3) is 5.59. The van der Waals surface area contributed by atoms with Gasteiger partial charge in [-0.1, -0.05) is 32.4 Å². The molecule has 4 nitrogen and oxygen atoms in total. The summed E-state index contributed by atoms with van der Waals surface area (Å²) in [5.74, 6) is -1.32.